The Morgan fingerprint density at radius 1 is 1.19 bits per heavy atom. The fraction of sp³-hybridized carbons (Fsp3) is 0.133. The number of amides is 1. The molecule has 0 spiro atoms. The predicted molar refractivity (Wildman–Crippen MR) is 74.5 cm³/mol. The van der Waals surface area contributed by atoms with E-state index >= 15 is 0 Å². The molecule has 1 N–H and O–H groups in total. The molecule has 1 amide bonds. The summed E-state index contributed by atoms with van der Waals surface area (Å²) in [4.78, 5) is 16.0. The number of furan rings is 1. The van der Waals surface area contributed by atoms with Gasteiger partial charge in [0, 0.05) is 18.5 Å². The second-order valence-electron chi connectivity index (χ2n) is 4.40. The molecule has 0 aliphatic heterocycles. The molecule has 6 heteroatoms. The molecule has 106 valence electrons. The van der Waals surface area contributed by atoms with Gasteiger partial charge >= 0.3 is 0 Å². The third-order valence-electron chi connectivity index (χ3n) is 2.91. The minimum Gasteiger partial charge on any atom is -0.472 e. The van der Waals surface area contributed by atoms with E-state index < -0.39 is 0 Å². The number of hydrogen-bond acceptors (Lipinski definition) is 5. The lowest BCUT2D eigenvalue weighted by molar-refractivity contribution is 0.0953. The molecule has 3 aromatic rings. The highest BCUT2D eigenvalue weighted by Gasteiger charge is 2.10. The summed E-state index contributed by atoms with van der Waals surface area (Å²) in [7, 11) is 0. The topological polar surface area (TPSA) is 81.2 Å². The standard InChI is InChI=1S/C15H13N3O3/c19-14(12-7-9-20-10-12)16-8-6-13-17-15(21-18-13)11-4-2-1-3-5-11/h1-5,7,9-10H,6,8H2,(H,16,19). The summed E-state index contributed by atoms with van der Waals surface area (Å²) in [6.45, 7) is 0.428. The Morgan fingerprint density at radius 2 is 2.05 bits per heavy atom. The number of nitrogens with one attached hydrogen (secondary N) is 1. The second-order valence-corrected chi connectivity index (χ2v) is 4.40. The summed E-state index contributed by atoms with van der Waals surface area (Å²) in [6.07, 6.45) is 3.36. The van der Waals surface area contributed by atoms with Gasteiger partial charge < -0.3 is 14.3 Å². The van der Waals surface area contributed by atoms with E-state index in [2.05, 4.69) is 15.5 Å². The number of hydrogen-bond donors (Lipinski definition) is 1. The van der Waals surface area contributed by atoms with Crippen LogP contribution in [0.1, 0.15) is 16.2 Å². The highest BCUT2D eigenvalue weighted by atomic mass is 16.5. The SMILES string of the molecule is O=C(NCCc1noc(-c2ccccc2)n1)c1ccoc1. The average Bonchev–Trinajstić information content (AvgIpc) is 3.20. The summed E-state index contributed by atoms with van der Waals surface area (Å²) in [5.41, 5.74) is 1.37. The maximum absolute atomic E-state index is 11.7. The fourth-order valence-corrected chi connectivity index (χ4v) is 1.84. The van der Waals surface area contributed by atoms with Crippen LogP contribution in [0.15, 0.2) is 57.9 Å². The predicted octanol–water partition coefficient (Wildman–Crippen LogP) is 2.30. The number of aromatic nitrogens is 2. The number of nitrogens with zero attached hydrogens (tertiary/aromatic N) is 2. The van der Waals surface area contributed by atoms with E-state index in [1.165, 1.54) is 12.5 Å². The molecule has 6 nitrogen and oxygen atoms in total. The number of carbonyl (C=O) groups is 1. The monoisotopic (exact) mass is 283 g/mol. The maximum Gasteiger partial charge on any atom is 0.257 e. The van der Waals surface area contributed by atoms with Crippen molar-refractivity contribution in [1.82, 2.24) is 15.5 Å². The first kappa shape index (κ1) is 13.1. The van der Waals surface area contributed by atoms with Crippen LogP contribution < -0.4 is 5.32 Å². The molecule has 1 aromatic carbocycles. The van der Waals surface area contributed by atoms with E-state index in [0.717, 1.165) is 5.56 Å². The van der Waals surface area contributed by atoms with E-state index in [9.17, 15) is 4.79 Å². The highest BCUT2D eigenvalue weighted by Crippen LogP contribution is 2.15. The van der Waals surface area contributed by atoms with E-state index in [1.54, 1.807) is 6.07 Å². The largest absolute Gasteiger partial charge is 0.472 e. The molecule has 0 unspecified atom stereocenters. The minimum atomic E-state index is -0.185. The van der Waals surface area contributed by atoms with Crippen LogP contribution in [0.4, 0.5) is 0 Å². The molecule has 0 aliphatic carbocycles. The molecule has 0 radical (unpaired) electrons. The molecular weight excluding hydrogens is 270 g/mol. The summed E-state index contributed by atoms with van der Waals surface area (Å²) in [5, 5.41) is 6.66. The Labute approximate surface area is 120 Å². The van der Waals surface area contributed by atoms with Crippen molar-refractivity contribution in [1.29, 1.82) is 0 Å². The zero-order chi connectivity index (χ0) is 14.5. The fourth-order valence-electron chi connectivity index (χ4n) is 1.84. The van der Waals surface area contributed by atoms with Crippen molar-refractivity contribution in [2.24, 2.45) is 0 Å². The van der Waals surface area contributed by atoms with Crippen molar-refractivity contribution in [3.63, 3.8) is 0 Å². The Morgan fingerprint density at radius 3 is 2.81 bits per heavy atom. The van der Waals surface area contributed by atoms with Crippen LogP contribution in [-0.4, -0.2) is 22.6 Å². The molecule has 0 fully saturated rings. The highest BCUT2D eigenvalue weighted by molar-refractivity contribution is 5.93. The Kier molecular flexibility index (Phi) is 3.77. The van der Waals surface area contributed by atoms with Crippen molar-refractivity contribution < 1.29 is 13.7 Å². The molecule has 0 saturated heterocycles. The van der Waals surface area contributed by atoms with Gasteiger partial charge in [-0.2, -0.15) is 4.98 Å². The van der Waals surface area contributed by atoms with Gasteiger partial charge in [-0.25, -0.2) is 0 Å². The maximum atomic E-state index is 11.7. The van der Waals surface area contributed by atoms with Gasteiger partial charge in [0.25, 0.3) is 11.8 Å². The van der Waals surface area contributed by atoms with E-state index in [-0.39, 0.29) is 5.91 Å². The summed E-state index contributed by atoms with van der Waals surface area (Å²) in [6, 6.07) is 11.1. The Balaban J connectivity index is 1.55. The van der Waals surface area contributed by atoms with Gasteiger partial charge in [0.15, 0.2) is 5.82 Å². The number of benzene rings is 1. The van der Waals surface area contributed by atoms with Gasteiger partial charge in [-0.05, 0) is 18.2 Å². The van der Waals surface area contributed by atoms with Gasteiger partial charge in [-0.3, -0.25) is 4.79 Å². The summed E-state index contributed by atoms with van der Waals surface area (Å²) in [5.74, 6) is 0.851. The van der Waals surface area contributed by atoms with E-state index in [1.807, 2.05) is 30.3 Å². The van der Waals surface area contributed by atoms with Crippen molar-refractivity contribution in [2.45, 2.75) is 6.42 Å². The first-order valence-corrected chi connectivity index (χ1v) is 6.51. The van der Waals surface area contributed by atoms with Crippen molar-refractivity contribution in [2.75, 3.05) is 6.54 Å². The van der Waals surface area contributed by atoms with Crippen molar-refractivity contribution >= 4 is 5.91 Å². The lowest BCUT2D eigenvalue weighted by Gasteiger charge is -1.99. The molecule has 3 rings (SSSR count). The molecule has 21 heavy (non-hydrogen) atoms. The Bertz CT molecular complexity index is 705. The number of carbonyl (C=O) groups excluding carboxylic acids is 1. The first-order chi connectivity index (χ1) is 10.3. The van der Waals surface area contributed by atoms with Gasteiger partial charge in [0.1, 0.15) is 6.26 Å². The van der Waals surface area contributed by atoms with Crippen LogP contribution in [0.25, 0.3) is 11.5 Å². The van der Waals surface area contributed by atoms with E-state index in [4.69, 9.17) is 8.94 Å². The molecular formula is C15H13N3O3. The average molecular weight is 283 g/mol. The van der Waals surface area contributed by atoms with Crippen LogP contribution in [0.2, 0.25) is 0 Å². The normalized spacial score (nSPS) is 10.5. The van der Waals surface area contributed by atoms with Gasteiger partial charge in [0.2, 0.25) is 0 Å². The lowest BCUT2D eigenvalue weighted by atomic mass is 10.2. The van der Waals surface area contributed by atoms with Crippen molar-refractivity contribution in [3.05, 3.63) is 60.3 Å². The van der Waals surface area contributed by atoms with Crippen LogP contribution in [-0.2, 0) is 6.42 Å². The molecule has 0 saturated carbocycles. The van der Waals surface area contributed by atoms with Gasteiger partial charge in [0.05, 0.1) is 11.8 Å². The van der Waals surface area contributed by atoms with Crippen LogP contribution >= 0.6 is 0 Å². The zero-order valence-corrected chi connectivity index (χ0v) is 11.2. The van der Waals surface area contributed by atoms with Crippen LogP contribution in [0.3, 0.4) is 0 Å². The summed E-state index contributed by atoms with van der Waals surface area (Å²) >= 11 is 0. The molecule has 2 aromatic heterocycles. The zero-order valence-electron chi connectivity index (χ0n) is 11.2. The minimum absolute atomic E-state index is 0.185. The lowest BCUT2D eigenvalue weighted by Crippen LogP contribution is -2.25. The smallest absolute Gasteiger partial charge is 0.257 e. The van der Waals surface area contributed by atoms with Crippen molar-refractivity contribution in [3.8, 4) is 11.5 Å². The van der Waals surface area contributed by atoms with Crippen LogP contribution in [0.5, 0.6) is 0 Å². The van der Waals surface area contributed by atoms with Gasteiger partial charge in [-0.1, -0.05) is 23.4 Å². The third kappa shape index (κ3) is 3.17. The second kappa shape index (κ2) is 6.04. The summed E-state index contributed by atoms with van der Waals surface area (Å²) < 4.78 is 10.0. The Hall–Kier alpha value is -2.89. The molecule has 2 heterocycles. The third-order valence-corrected chi connectivity index (χ3v) is 2.91. The first-order valence-electron chi connectivity index (χ1n) is 6.51. The number of rotatable bonds is 5. The quantitative estimate of drug-likeness (QED) is 0.777. The molecule has 0 atom stereocenters. The van der Waals surface area contributed by atoms with Crippen LogP contribution in [0, 0.1) is 0 Å². The molecule has 0 aliphatic rings. The van der Waals surface area contributed by atoms with E-state index in [0.29, 0.717) is 30.2 Å². The molecule has 0 bridgehead atoms. The van der Waals surface area contributed by atoms with Gasteiger partial charge in [-0.15, -0.1) is 0 Å².